The van der Waals surface area contributed by atoms with Crippen molar-refractivity contribution in [1.82, 2.24) is 0 Å². The summed E-state index contributed by atoms with van der Waals surface area (Å²) in [5.41, 5.74) is 0.961. The lowest BCUT2D eigenvalue weighted by Crippen LogP contribution is -1.95. The first kappa shape index (κ1) is 9.85. The molecule has 0 radical (unpaired) electrons. The highest BCUT2D eigenvalue weighted by molar-refractivity contribution is 6.35. The highest BCUT2D eigenvalue weighted by Gasteiger charge is 2.03. The molecule has 1 aromatic carbocycles. The maximum atomic E-state index is 5.93. The van der Waals surface area contributed by atoms with Gasteiger partial charge < -0.3 is 4.74 Å². The Labute approximate surface area is 82.2 Å². The monoisotopic (exact) mass is 204 g/mol. The normalized spacial score (nSPS) is 10.2. The minimum atomic E-state index is 0.642. The van der Waals surface area contributed by atoms with Gasteiger partial charge in [0.1, 0.15) is 0 Å². The predicted molar refractivity (Wildman–Crippen MR) is 52.0 cm³/mol. The summed E-state index contributed by atoms with van der Waals surface area (Å²) in [5.74, 6) is 0. The maximum absolute atomic E-state index is 5.93. The Hall–Kier alpha value is -0.240. The number of hydrogen-bond acceptors (Lipinski definition) is 1. The van der Waals surface area contributed by atoms with Crippen LogP contribution in [0.2, 0.25) is 10.0 Å². The molecule has 1 nitrogen and oxygen atoms in total. The molecule has 0 spiro atoms. The third kappa shape index (κ3) is 2.37. The van der Waals surface area contributed by atoms with E-state index in [-0.39, 0.29) is 0 Å². The molecule has 0 atom stereocenters. The van der Waals surface area contributed by atoms with E-state index in [2.05, 4.69) is 0 Å². The van der Waals surface area contributed by atoms with Crippen LogP contribution in [0.25, 0.3) is 0 Å². The van der Waals surface area contributed by atoms with E-state index in [4.69, 9.17) is 27.9 Å². The summed E-state index contributed by atoms with van der Waals surface area (Å²) >= 11 is 11.9. The number of hydrogen-bond donors (Lipinski definition) is 0. The zero-order chi connectivity index (χ0) is 8.97. The fraction of sp³-hybridized carbons (Fsp3) is 0.333. The van der Waals surface area contributed by atoms with Crippen molar-refractivity contribution in [3.05, 3.63) is 33.8 Å². The second-order valence-electron chi connectivity index (χ2n) is 2.44. The average Bonchev–Trinajstić information content (AvgIpc) is 2.04. The van der Waals surface area contributed by atoms with Gasteiger partial charge in [0.05, 0.1) is 6.61 Å². The summed E-state index contributed by atoms with van der Waals surface area (Å²) in [6, 6.07) is 5.50. The Morgan fingerprint density at radius 3 is 2.33 bits per heavy atom. The van der Waals surface area contributed by atoms with E-state index in [0.717, 1.165) is 12.0 Å². The second kappa shape index (κ2) is 4.70. The Kier molecular flexibility index (Phi) is 3.86. The van der Waals surface area contributed by atoms with E-state index in [1.165, 1.54) is 0 Å². The van der Waals surface area contributed by atoms with Crippen LogP contribution in [0.4, 0.5) is 0 Å². The standard InChI is InChI=1S/C9H10Cl2O/c1-12-6-5-7-8(10)3-2-4-9(7)11/h2-4H,5-6H2,1H3. The number of ether oxygens (including phenoxy) is 1. The molecule has 0 unspecified atom stereocenters. The van der Waals surface area contributed by atoms with Gasteiger partial charge in [-0.05, 0) is 24.1 Å². The van der Waals surface area contributed by atoms with Gasteiger partial charge in [-0.25, -0.2) is 0 Å². The van der Waals surface area contributed by atoms with Gasteiger partial charge in [-0.1, -0.05) is 29.3 Å². The molecule has 0 saturated carbocycles. The van der Waals surface area contributed by atoms with Crippen molar-refractivity contribution in [2.45, 2.75) is 6.42 Å². The quantitative estimate of drug-likeness (QED) is 0.736. The highest BCUT2D eigenvalue weighted by atomic mass is 35.5. The van der Waals surface area contributed by atoms with Crippen LogP contribution in [0.1, 0.15) is 5.56 Å². The number of methoxy groups -OCH3 is 1. The van der Waals surface area contributed by atoms with Crippen molar-refractivity contribution in [3.8, 4) is 0 Å². The molecule has 3 heteroatoms. The largest absolute Gasteiger partial charge is 0.384 e. The molecule has 0 N–H and O–H groups in total. The average molecular weight is 205 g/mol. The van der Waals surface area contributed by atoms with Gasteiger partial charge in [-0.2, -0.15) is 0 Å². The molecule has 0 aliphatic carbocycles. The molecular weight excluding hydrogens is 195 g/mol. The summed E-state index contributed by atoms with van der Waals surface area (Å²) < 4.78 is 4.94. The third-order valence-electron chi connectivity index (χ3n) is 1.62. The van der Waals surface area contributed by atoms with E-state index in [1.807, 2.05) is 18.2 Å². The minimum absolute atomic E-state index is 0.642. The molecule has 0 fully saturated rings. The molecule has 0 aliphatic rings. The van der Waals surface area contributed by atoms with Crippen LogP contribution in [0.5, 0.6) is 0 Å². The lowest BCUT2D eigenvalue weighted by atomic mass is 10.1. The van der Waals surface area contributed by atoms with Gasteiger partial charge in [0.2, 0.25) is 0 Å². The summed E-state index contributed by atoms with van der Waals surface area (Å²) in [6.07, 6.45) is 0.759. The fourth-order valence-corrected chi connectivity index (χ4v) is 1.56. The van der Waals surface area contributed by atoms with Gasteiger partial charge in [0.25, 0.3) is 0 Å². The first-order valence-electron chi connectivity index (χ1n) is 3.67. The summed E-state index contributed by atoms with van der Waals surface area (Å²) in [7, 11) is 1.66. The highest BCUT2D eigenvalue weighted by Crippen LogP contribution is 2.24. The zero-order valence-corrected chi connectivity index (χ0v) is 8.32. The van der Waals surface area contributed by atoms with Gasteiger partial charge in [-0.3, -0.25) is 0 Å². The van der Waals surface area contributed by atoms with E-state index in [1.54, 1.807) is 7.11 Å². The lowest BCUT2D eigenvalue weighted by molar-refractivity contribution is 0.202. The number of halogens is 2. The second-order valence-corrected chi connectivity index (χ2v) is 3.26. The summed E-state index contributed by atoms with van der Waals surface area (Å²) in [4.78, 5) is 0. The molecule has 0 heterocycles. The van der Waals surface area contributed by atoms with Crippen molar-refractivity contribution in [2.75, 3.05) is 13.7 Å². The van der Waals surface area contributed by atoms with Crippen LogP contribution in [-0.2, 0) is 11.2 Å². The van der Waals surface area contributed by atoms with Crippen LogP contribution >= 0.6 is 23.2 Å². The van der Waals surface area contributed by atoms with Crippen molar-refractivity contribution in [2.24, 2.45) is 0 Å². The van der Waals surface area contributed by atoms with Crippen molar-refractivity contribution >= 4 is 23.2 Å². The van der Waals surface area contributed by atoms with Crippen molar-refractivity contribution in [3.63, 3.8) is 0 Å². The van der Waals surface area contributed by atoms with Crippen LogP contribution in [0.3, 0.4) is 0 Å². The Bertz CT molecular complexity index is 240. The first-order chi connectivity index (χ1) is 5.75. The van der Waals surface area contributed by atoms with E-state index >= 15 is 0 Å². The molecule has 0 saturated heterocycles. The maximum Gasteiger partial charge on any atom is 0.0503 e. The molecular formula is C9H10Cl2O. The Balaban J connectivity index is 2.81. The molecule has 0 aromatic heterocycles. The van der Waals surface area contributed by atoms with Crippen LogP contribution in [0, 0.1) is 0 Å². The van der Waals surface area contributed by atoms with E-state index < -0.39 is 0 Å². The molecule has 66 valence electrons. The molecule has 0 amide bonds. The third-order valence-corrected chi connectivity index (χ3v) is 2.33. The topological polar surface area (TPSA) is 9.23 Å². The summed E-state index contributed by atoms with van der Waals surface area (Å²) in [6.45, 7) is 0.642. The molecule has 1 aromatic rings. The van der Waals surface area contributed by atoms with Gasteiger partial charge >= 0.3 is 0 Å². The SMILES string of the molecule is COCCc1c(Cl)cccc1Cl. The molecule has 0 aliphatic heterocycles. The van der Waals surface area contributed by atoms with Crippen molar-refractivity contribution < 1.29 is 4.74 Å². The minimum Gasteiger partial charge on any atom is -0.384 e. The van der Waals surface area contributed by atoms with Crippen LogP contribution in [-0.4, -0.2) is 13.7 Å². The van der Waals surface area contributed by atoms with Crippen LogP contribution < -0.4 is 0 Å². The van der Waals surface area contributed by atoms with E-state index in [9.17, 15) is 0 Å². The smallest absolute Gasteiger partial charge is 0.0503 e. The first-order valence-corrected chi connectivity index (χ1v) is 4.43. The van der Waals surface area contributed by atoms with Gasteiger partial charge in [0, 0.05) is 17.2 Å². The van der Waals surface area contributed by atoms with Crippen LogP contribution in [0.15, 0.2) is 18.2 Å². The fourth-order valence-electron chi connectivity index (χ4n) is 0.975. The molecule has 0 bridgehead atoms. The van der Waals surface area contributed by atoms with Crippen molar-refractivity contribution in [1.29, 1.82) is 0 Å². The number of benzene rings is 1. The zero-order valence-electron chi connectivity index (χ0n) is 6.81. The van der Waals surface area contributed by atoms with Gasteiger partial charge in [0.15, 0.2) is 0 Å². The van der Waals surface area contributed by atoms with Gasteiger partial charge in [-0.15, -0.1) is 0 Å². The lowest BCUT2D eigenvalue weighted by Gasteiger charge is -2.04. The number of rotatable bonds is 3. The van der Waals surface area contributed by atoms with E-state index in [0.29, 0.717) is 16.7 Å². The Morgan fingerprint density at radius 1 is 1.25 bits per heavy atom. The Morgan fingerprint density at radius 2 is 1.83 bits per heavy atom. The molecule has 1 rings (SSSR count). The predicted octanol–water partition coefficient (Wildman–Crippen LogP) is 3.18. The molecule has 12 heavy (non-hydrogen) atoms. The summed E-state index contributed by atoms with van der Waals surface area (Å²) in [5, 5.41) is 1.42.